The van der Waals surface area contributed by atoms with E-state index in [1.54, 1.807) is 0 Å². The lowest BCUT2D eigenvalue weighted by Gasteiger charge is -2.19. The van der Waals surface area contributed by atoms with Gasteiger partial charge in [0.2, 0.25) is 0 Å². The molecule has 2 aromatic rings. The molecule has 0 aliphatic carbocycles. The van der Waals surface area contributed by atoms with Gasteiger partial charge in [0.25, 0.3) is 0 Å². The highest BCUT2D eigenvalue weighted by Crippen LogP contribution is 2.23. The summed E-state index contributed by atoms with van der Waals surface area (Å²) in [7, 11) is 0. The SMILES string of the molecule is Cc1c(CN)cnn1-c1ccc(C(C)(C)C)cc1. The number of rotatable bonds is 2. The van der Waals surface area contributed by atoms with E-state index in [2.05, 4.69) is 50.1 Å². The van der Waals surface area contributed by atoms with Crippen LogP contribution in [0.5, 0.6) is 0 Å². The standard InChI is InChI=1S/C15H21N3/c1-11-12(9-16)10-17-18(11)14-7-5-13(6-8-14)15(2,3)4/h5-8,10H,9,16H2,1-4H3. The van der Waals surface area contributed by atoms with Gasteiger partial charge in [-0.25, -0.2) is 4.68 Å². The van der Waals surface area contributed by atoms with E-state index in [9.17, 15) is 0 Å². The van der Waals surface area contributed by atoms with Crippen molar-refractivity contribution in [3.63, 3.8) is 0 Å². The Balaban J connectivity index is 2.37. The molecule has 18 heavy (non-hydrogen) atoms. The lowest BCUT2D eigenvalue weighted by Crippen LogP contribution is -2.11. The first-order chi connectivity index (χ1) is 8.43. The minimum absolute atomic E-state index is 0.181. The van der Waals surface area contributed by atoms with Crippen molar-refractivity contribution >= 4 is 0 Å². The summed E-state index contributed by atoms with van der Waals surface area (Å²) in [5, 5.41) is 4.39. The number of benzene rings is 1. The maximum Gasteiger partial charge on any atom is 0.0648 e. The molecule has 0 aliphatic rings. The van der Waals surface area contributed by atoms with Crippen LogP contribution in [0.3, 0.4) is 0 Å². The average molecular weight is 243 g/mol. The van der Waals surface area contributed by atoms with E-state index in [4.69, 9.17) is 5.73 Å². The number of nitrogens with zero attached hydrogens (tertiary/aromatic N) is 2. The molecule has 0 saturated carbocycles. The second kappa shape index (κ2) is 4.58. The van der Waals surface area contributed by atoms with Crippen molar-refractivity contribution in [2.75, 3.05) is 0 Å². The van der Waals surface area contributed by atoms with Crippen LogP contribution in [0.15, 0.2) is 30.5 Å². The first kappa shape index (κ1) is 12.8. The fourth-order valence-electron chi connectivity index (χ4n) is 2.01. The Hall–Kier alpha value is -1.61. The topological polar surface area (TPSA) is 43.8 Å². The molecule has 0 atom stereocenters. The van der Waals surface area contributed by atoms with Crippen molar-refractivity contribution in [1.29, 1.82) is 0 Å². The summed E-state index contributed by atoms with van der Waals surface area (Å²) in [6, 6.07) is 8.55. The van der Waals surface area contributed by atoms with Gasteiger partial charge in [-0.15, -0.1) is 0 Å². The number of nitrogens with two attached hydrogens (primary N) is 1. The van der Waals surface area contributed by atoms with Crippen molar-refractivity contribution in [1.82, 2.24) is 9.78 Å². The molecule has 0 bridgehead atoms. The molecule has 3 heteroatoms. The van der Waals surface area contributed by atoms with Gasteiger partial charge in [0.15, 0.2) is 0 Å². The van der Waals surface area contributed by atoms with E-state index in [0.717, 1.165) is 16.9 Å². The molecule has 2 N–H and O–H groups in total. The molecule has 1 aromatic heterocycles. The molecule has 0 unspecified atom stereocenters. The Labute approximate surface area is 109 Å². The minimum atomic E-state index is 0.181. The molecule has 0 amide bonds. The summed E-state index contributed by atoms with van der Waals surface area (Å²) < 4.78 is 1.94. The summed E-state index contributed by atoms with van der Waals surface area (Å²) in [6.45, 7) is 9.23. The molecule has 0 saturated heterocycles. The van der Waals surface area contributed by atoms with Gasteiger partial charge in [-0.1, -0.05) is 32.9 Å². The Bertz CT molecular complexity index is 530. The van der Waals surface area contributed by atoms with E-state index in [1.165, 1.54) is 5.56 Å². The van der Waals surface area contributed by atoms with Crippen LogP contribution in [0.1, 0.15) is 37.6 Å². The monoisotopic (exact) mass is 243 g/mol. The predicted octanol–water partition coefficient (Wildman–Crippen LogP) is 2.94. The van der Waals surface area contributed by atoms with Crippen molar-refractivity contribution < 1.29 is 0 Å². The first-order valence-electron chi connectivity index (χ1n) is 6.28. The molecule has 0 fully saturated rings. The molecule has 0 radical (unpaired) electrons. The second-order valence-electron chi connectivity index (χ2n) is 5.67. The average Bonchev–Trinajstić information content (AvgIpc) is 2.69. The zero-order valence-corrected chi connectivity index (χ0v) is 11.6. The third-order valence-corrected chi connectivity index (χ3v) is 3.31. The van der Waals surface area contributed by atoms with Gasteiger partial charge >= 0.3 is 0 Å². The highest BCUT2D eigenvalue weighted by Gasteiger charge is 2.13. The Morgan fingerprint density at radius 3 is 2.22 bits per heavy atom. The summed E-state index contributed by atoms with van der Waals surface area (Å²) in [6.07, 6.45) is 1.84. The Kier molecular flexibility index (Phi) is 3.26. The van der Waals surface area contributed by atoms with Gasteiger partial charge in [-0.3, -0.25) is 0 Å². The van der Waals surface area contributed by atoms with Gasteiger partial charge in [-0.05, 0) is 30.0 Å². The van der Waals surface area contributed by atoms with Crippen LogP contribution in [0.2, 0.25) is 0 Å². The molecule has 1 aromatic carbocycles. The molecule has 96 valence electrons. The molecule has 0 spiro atoms. The van der Waals surface area contributed by atoms with Crippen LogP contribution in [-0.2, 0) is 12.0 Å². The van der Waals surface area contributed by atoms with Crippen molar-refractivity contribution in [3.05, 3.63) is 47.3 Å². The third-order valence-electron chi connectivity index (χ3n) is 3.31. The van der Waals surface area contributed by atoms with Gasteiger partial charge in [-0.2, -0.15) is 5.10 Å². The predicted molar refractivity (Wildman–Crippen MR) is 74.9 cm³/mol. The Morgan fingerprint density at radius 2 is 1.78 bits per heavy atom. The van der Waals surface area contributed by atoms with Crippen LogP contribution >= 0.6 is 0 Å². The van der Waals surface area contributed by atoms with Crippen molar-refractivity contribution in [2.45, 2.75) is 39.7 Å². The highest BCUT2D eigenvalue weighted by molar-refractivity contribution is 5.38. The van der Waals surface area contributed by atoms with E-state index in [-0.39, 0.29) is 5.41 Å². The number of hydrogen-bond acceptors (Lipinski definition) is 2. The van der Waals surface area contributed by atoms with Gasteiger partial charge in [0.1, 0.15) is 0 Å². The molecular formula is C15H21N3. The largest absolute Gasteiger partial charge is 0.326 e. The van der Waals surface area contributed by atoms with Crippen molar-refractivity contribution in [2.24, 2.45) is 5.73 Å². The summed E-state index contributed by atoms with van der Waals surface area (Å²) in [4.78, 5) is 0. The molecule has 2 rings (SSSR count). The molecule has 0 aliphatic heterocycles. The maximum absolute atomic E-state index is 5.67. The smallest absolute Gasteiger partial charge is 0.0648 e. The summed E-state index contributed by atoms with van der Waals surface area (Å²) in [5.74, 6) is 0. The van der Waals surface area contributed by atoms with Gasteiger partial charge in [0.05, 0.1) is 11.9 Å². The minimum Gasteiger partial charge on any atom is -0.326 e. The fourth-order valence-corrected chi connectivity index (χ4v) is 2.01. The lowest BCUT2D eigenvalue weighted by molar-refractivity contribution is 0.590. The molecular weight excluding hydrogens is 222 g/mol. The molecule has 1 heterocycles. The number of aromatic nitrogens is 2. The summed E-state index contributed by atoms with van der Waals surface area (Å²) in [5.41, 5.74) is 10.5. The van der Waals surface area contributed by atoms with Crippen LogP contribution in [0, 0.1) is 6.92 Å². The number of hydrogen-bond donors (Lipinski definition) is 1. The lowest BCUT2D eigenvalue weighted by atomic mass is 9.87. The van der Waals surface area contributed by atoms with Gasteiger partial charge in [0, 0.05) is 17.8 Å². The molecule has 3 nitrogen and oxygen atoms in total. The third kappa shape index (κ3) is 2.31. The zero-order valence-electron chi connectivity index (χ0n) is 11.6. The van der Waals surface area contributed by atoms with E-state index >= 15 is 0 Å². The van der Waals surface area contributed by atoms with Crippen molar-refractivity contribution in [3.8, 4) is 5.69 Å². The van der Waals surface area contributed by atoms with E-state index in [1.807, 2.05) is 17.8 Å². The maximum atomic E-state index is 5.67. The second-order valence-corrected chi connectivity index (χ2v) is 5.67. The first-order valence-corrected chi connectivity index (χ1v) is 6.28. The summed E-state index contributed by atoms with van der Waals surface area (Å²) >= 11 is 0. The van der Waals surface area contributed by atoms with Crippen LogP contribution < -0.4 is 5.73 Å². The zero-order chi connectivity index (χ0) is 13.3. The normalized spacial score (nSPS) is 11.8. The van der Waals surface area contributed by atoms with Crippen LogP contribution in [0.4, 0.5) is 0 Å². The van der Waals surface area contributed by atoms with E-state index < -0.39 is 0 Å². The Morgan fingerprint density at radius 1 is 1.17 bits per heavy atom. The highest BCUT2D eigenvalue weighted by atomic mass is 15.3. The van der Waals surface area contributed by atoms with Crippen LogP contribution in [-0.4, -0.2) is 9.78 Å². The van der Waals surface area contributed by atoms with E-state index in [0.29, 0.717) is 6.54 Å². The quantitative estimate of drug-likeness (QED) is 0.881. The van der Waals surface area contributed by atoms with Gasteiger partial charge < -0.3 is 5.73 Å². The van der Waals surface area contributed by atoms with Crippen LogP contribution in [0.25, 0.3) is 5.69 Å². The fraction of sp³-hybridized carbons (Fsp3) is 0.400.